The molecule has 2 aromatic heterocycles. The van der Waals surface area contributed by atoms with Gasteiger partial charge >= 0.3 is 0 Å². The fourth-order valence-electron chi connectivity index (χ4n) is 3.88. The van der Waals surface area contributed by atoms with E-state index in [9.17, 15) is 9.59 Å². The summed E-state index contributed by atoms with van der Waals surface area (Å²) >= 11 is 0. The SMILES string of the molecule is COc1cccc(CC(=O)N2CCC(c3n[nH]c(=O)cc3-c3cc(C)no3)CC2)c1. The third-order valence-corrected chi connectivity index (χ3v) is 5.46. The predicted molar refractivity (Wildman–Crippen MR) is 110 cm³/mol. The summed E-state index contributed by atoms with van der Waals surface area (Å²) < 4.78 is 10.6. The number of nitrogens with zero attached hydrogens (tertiary/aromatic N) is 3. The first kappa shape index (κ1) is 19.9. The molecule has 1 N–H and O–H groups in total. The van der Waals surface area contributed by atoms with Crippen molar-refractivity contribution in [1.29, 1.82) is 0 Å². The summed E-state index contributed by atoms with van der Waals surface area (Å²) in [5, 5.41) is 10.8. The Hall–Kier alpha value is -3.42. The number of carbonyl (C=O) groups is 1. The van der Waals surface area contributed by atoms with Crippen LogP contribution in [0.15, 0.2) is 45.7 Å². The highest BCUT2D eigenvalue weighted by Crippen LogP contribution is 2.33. The summed E-state index contributed by atoms with van der Waals surface area (Å²) in [6, 6.07) is 10.9. The standard InChI is InChI=1S/C22H24N4O4/c1-14-10-19(30-25-14)18-13-20(27)23-24-22(18)16-6-8-26(9-7-16)21(28)12-15-4-3-5-17(11-15)29-2/h3-5,10-11,13,16H,6-9,12H2,1-2H3,(H,23,27). The first-order valence-electron chi connectivity index (χ1n) is 9.97. The zero-order valence-electron chi connectivity index (χ0n) is 17.1. The lowest BCUT2D eigenvalue weighted by Gasteiger charge is -2.32. The molecule has 30 heavy (non-hydrogen) atoms. The maximum absolute atomic E-state index is 12.7. The Morgan fingerprint density at radius 1 is 1.27 bits per heavy atom. The van der Waals surface area contributed by atoms with E-state index >= 15 is 0 Å². The van der Waals surface area contributed by atoms with Gasteiger partial charge in [-0.25, -0.2) is 5.10 Å². The van der Waals surface area contributed by atoms with Crippen LogP contribution in [0.1, 0.15) is 35.7 Å². The number of hydrogen-bond acceptors (Lipinski definition) is 6. The smallest absolute Gasteiger partial charge is 0.264 e. The first-order valence-corrected chi connectivity index (χ1v) is 9.97. The van der Waals surface area contributed by atoms with Crippen molar-refractivity contribution in [1.82, 2.24) is 20.3 Å². The number of aromatic amines is 1. The van der Waals surface area contributed by atoms with Crippen molar-refractivity contribution in [2.45, 2.75) is 32.1 Å². The van der Waals surface area contributed by atoms with E-state index in [4.69, 9.17) is 9.26 Å². The average Bonchev–Trinajstić information content (AvgIpc) is 3.20. The van der Waals surface area contributed by atoms with Crippen LogP contribution in [0, 0.1) is 6.92 Å². The number of aryl methyl sites for hydroxylation is 1. The monoisotopic (exact) mass is 408 g/mol. The molecule has 0 bridgehead atoms. The molecule has 1 saturated heterocycles. The molecule has 0 saturated carbocycles. The van der Waals surface area contributed by atoms with Crippen LogP contribution in [0.25, 0.3) is 11.3 Å². The van der Waals surface area contributed by atoms with Crippen LogP contribution in [-0.2, 0) is 11.2 Å². The van der Waals surface area contributed by atoms with Crippen LogP contribution in [0.5, 0.6) is 5.75 Å². The molecule has 3 aromatic rings. The molecule has 0 atom stereocenters. The minimum absolute atomic E-state index is 0.0993. The molecule has 1 aliphatic heterocycles. The van der Waals surface area contributed by atoms with Crippen molar-refractivity contribution < 1.29 is 14.1 Å². The maximum atomic E-state index is 12.7. The molecular formula is C22H24N4O4. The highest BCUT2D eigenvalue weighted by atomic mass is 16.5. The molecular weight excluding hydrogens is 384 g/mol. The van der Waals surface area contributed by atoms with Gasteiger partial charge in [-0.15, -0.1) is 0 Å². The van der Waals surface area contributed by atoms with Crippen molar-refractivity contribution >= 4 is 5.91 Å². The summed E-state index contributed by atoms with van der Waals surface area (Å²) in [5.41, 5.74) is 2.85. The molecule has 156 valence electrons. The number of aromatic nitrogens is 3. The predicted octanol–water partition coefficient (Wildman–Crippen LogP) is 2.69. The number of methoxy groups -OCH3 is 1. The number of likely N-dealkylation sites (tertiary alicyclic amines) is 1. The van der Waals surface area contributed by atoms with Gasteiger partial charge in [0.25, 0.3) is 5.56 Å². The second-order valence-corrected chi connectivity index (χ2v) is 7.55. The van der Waals surface area contributed by atoms with Crippen molar-refractivity contribution in [3.63, 3.8) is 0 Å². The Balaban J connectivity index is 1.45. The van der Waals surface area contributed by atoms with Crippen LogP contribution >= 0.6 is 0 Å². The lowest BCUT2D eigenvalue weighted by Crippen LogP contribution is -2.39. The number of rotatable bonds is 5. The molecule has 1 aliphatic rings. The number of piperidine rings is 1. The molecule has 1 amide bonds. The molecule has 1 aromatic carbocycles. The van der Waals surface area contributed by atoms with E-state index in [-0.39, 0.29) is 17.4 Å². The normalized spacial score (nSPS) is 14.7. The molecule has 0 spiro atoms. The van der Waals surface area contributed by atoms with Crippen LogP contribution < -0.4 is 10.3 Å². The summed E-state index contributed by atoms with van der Waals surface area (Å²) in [7, 11) is 1.62. The highest BCUT2D eigenvalue weighted by Gasteiger charge is 2.28. The lowest BCUT2D eigenvalue weighted by atomic mass is 9.90. The Kier molecular flexibility index (Phi) is 5.65. The molecule has 0 unspecified atom stereocenters. The maximum Gasteiger partial charge on any atom is 0.264 e. The van der Waals surface area contributed by atoms with Crippen LogP contribution in [-0.4, -0.2) is 46.4 Å². The third-order valence-electron chi connectivity index (χ3n) is 5.46. The molecule has 8 nitrogen and oxygen atoms in total. The number of H-pyrrole nitrogens is 1. The minimum atomic E-state index is -0.284. The number of hydrogen-bond donors (Lipinski definition) is 1. The Bertz CT molecular complexity index is 1100. The molecule has 0 radical (unpaired) electrons. The van der Waals surface area contributed by atoms with Gasteiger partial charge in [0.2, 0.25) is 5.91 Å². The highest BCUT2D eigenvalue weighted by molar-refractivity contribution is 5.79. The van der Waals surface area contributed by atoms with E-state index < -0.39 is 0 Å². The number of ether oxygens (including phenoxy) is 1. The van der Waals surface area contributed by atoms with Crippen molar-refractivity contribution in [3.05, 3.63) is 63.7 Å². The van der Waals surface area contributed by atoms with E-state index in [0.717, 1.165) is 35.5 Å². The zero-order valence-corrected chi connectivity index (χ0v) is 17.1. The van der Waals surface area contributed by atoms with E-state index in [0.29, 0.717) is 30.8 Å². The average molecular weight is 408 g/mol. The number of benzene rings is 1. The lowest BCUT2D eigenvalue weighted by molar-refractivity contribution is -0.131. The van der Waals surface area contributed by atoms with Gasteiger partial charge in [-0.05, 0) is 37.5 Å². The largest absolute Gasteiger partial charge is 0.497 e. The second kappa shape index (κ2) is 8.52. The summed E-state index contributed by atoms with van der Waals surface area (Å²) in [5.74, 6) is 1.52. The Morgan fingerprint density at radius 3 is 2.77 bits per heavy atom. The van der Waals surface area contributed by atoms with Crippen molar-refractivity contribution in [2.24, 2.45) is 0 Å². The molecule has 3 heterocycles. The fraction of sp³-hybridized carbons (Fsp3) is 0.364. The van der Waals surface area contributed by atoms with Gasteiger partial charge in [0, 0.05) is 36.7 Å². The van der Waals surface area contributed by atoms with Crippen LogP contribution in [0.2, 0.25) is 0 Å². The topological polar surface area (TPSA) is 101 Å². The second-order valence-electron chi connectivity index (χ2n) is 7.55. The van der Waals surface area contributed by atoms with Gasteiger partial charge in [-0.3, -0.25) is 9.59 Å². The van der Waals surface area contributed by atoms with E-state index in [1.54, 1.807) is 13.2 Å². The molecule has 0 aliphatic carbocycles. The van der Waals surface area contributed by atoms with Crippen LogP contribution in [0.3, 0.4) is 0 Å². The quantitative estimate of drug-likeness (QED) is 0.697. The van der Waals surface area contributed by atoms with E-state index in [1.807, 2.05) is 36.1 Å². The molecule has 1 fully saturated rings. The summed E-state index contributed by atoms with van der Waals surface area (Å²) in [6.07, 6.45) is 1.88. The Labute approximate surface area is 173 Å². The summed E-state index contributed by atoms with van der Waals surface area (Å²) in [6.45, 7) is 3.12. The van der Waals surface area contributed by atoms with Gasteiger partial charge in [0.15, 0.2) is 5.76 Å². The van der Waals surface area contributed by atoms with Gasteiger partial charge in [0.05, 0.1) is 24.9 Å². The zero-order chi connectivity index (χ0) is 21.1. The molecule has 4 rings (SSSR count). The third kappa shape index (κ3) is 4.27. The Morgan fingerprint density at radius 2 is 2.07 bits per heavy atom. The number of amides is 1. The van der Waals surface area contributed by atoms with Gasteiger partial charge in [0.1, 0.15) is 5.75 Å². The first-order chi connectivity index (χ1) is 14.5. The number of carbonyl (C=O) groups excluding carboxylic acids is 1. The molecule has 8 heteroatoms. The number of nitrogens with one attached hydrogen (secondary N) is 1. The van der Waals surface area contributed by atoms with Crippen LogP contribution in [0.4, 0.5) is 0 Å². The van der Waals surface area contributed by atoms with E-state index in [2.05, 4.69) is 15.4 Å². The van der Waals surface area contributed by atoms with Crippen molar-refractivity contribution in [3.8, 4) is 17.1 Å². The van der Waals surface area contributed by atoms with E-state index in [1.165, 1.54) is 6.07 Å². The van der Waals surface area contributed by atoms with Gasteiger partial charge < -0.3 is 14.2 Å². The minimum Gasteiger partial charge on any atom is -0.497 e. The van der Waals surface area contributed by atoms with Gasteiger partial charge in [-0.2, -0.15) is 5.10 Å². The van der Waals surface area contributed by atoms with Gasteiger partial charge in [-0.1, -0.05) is 17.3 Å². The fourth-order valence-corrected chi connectivity index (χ4v) is 3.88. The summed E-state index contributed by atoms with van der Waals surface area (Å²) in [4.78, 5) is 26.5. The van der Waals surface area contributed by atoms with Crippen molar-refractivity contribution in [2.75, 3.05) is 20.2 Å².